The molecule has 0 amide bonds. The highest BCUT2D eigenvalue weighted by atomic mass is 16.3. The van der Waals surface area contributed by atoms with Crippen LogP contribution in [-0.4, -0.2) is 40.5 Å². The van der Waals surface area contributed by atoms with Gasteiger partial charge in [-0.2, -0.15) is 5.10 Å². The summed E-state index contributed by atoms with van der Waals surface area (Å²) >= 11 is 0. The number of nitrogens with zero attached hydrogens (tertiary/aromatic N) is 3. The fourth-order valence-electron chi connectivity index (χ4n) is 2.60. The van der Waals surface area contributed by atoms with Gasteiger partial charge in [-0.25, -0.2) is 4.99 Å². The van der Waals surface area contributed by atoms with Crippen LogP contribution in [0.15, 0.2) is 17.4 Å². The third-order valence-electron chi connectivity index (χ3n) is 4.22. The quantitative estimate of drug-likeness (QED) is 0.326. The van der Waals surface area contributed by atoms with Crippen molar-refractivity contribution < 1.29 is 5.11 Å². The van der Waals surface area contributed by atoms with E-state index in [4.69, 9.17) is 0 Å². The molecule has 1 aromatic rings. The van der Waals surface area contributed by atoms with Crippen LogP contribution in [-0.2, 0) is 12.6 Å². The van der Waals surface area contributed by atoms with E-state index in [1.54, 1.807) is 17.8 Å². The van der Waals surface area contributed by atoms with Crippen molar-refractivity contribution in [1.82, 2.24) is 20.4 Å². The number of aromatic nitrogens is 2. The van der Waals surface area contributed by atoms with Crippen molar-refractivity contribution in [3.05, 3.63) is 18.0 Å². The molecule has 0 bridgehead atoms. The predicted molar refractivity (Wildman–Crippen MR) is 105 cm³/mol. The van der Waals surface area contributed by atoms with Crippen molar-refractivity contribution in [3.63, 3.8) is 0 Å². The van der Waals surface area contributed by atoms with Crippen molar-refractivity contribution in [1.29, 1.82) is 0 Å². The molecule has 0 aliphatic rings. The zero-order chi connectivity index (χ0) is 18.7. The lowest BCUT2D eigenvalue weighted by atomic mass is 10.0. The second-order valence-electron chi connectivity index (χ2n) is 7.40. The second-order valence-corrected chi connectivity index (χ2v) is 7.40. The Morgan fingerprint density at radius 1 is 1.28 bits per heavy atom. The molecule has 25 heavy (non-hydrogen) atoms. The van der Waals surface area contributed by atoms with Gasteiger partial charge < -0.3 is 15.7 Å². The van der Waals surface area contributed by atoms with Crippen molar-refractivity contribution in [2.45, 2.75) is 65.4 Å². The second kappa shape index (κ2) is 11.1. The fraction of sp³-hybridized carbons (Fsp3) is 0.789. The first kappa shape index (κ1) is 21.5. The summed E-state index contributed by atoms with van der Waals surface area (Å²) in [5.41, 5.74) is -0.243. The van der Waals surface area contributed by atoms with Gasteiger partial charge in [0.2, 0.25) is 0 Å². The maximum Gasteiger partial charge on any atom is 0.191 e. The standard InChI is InChI=1S/C19H37N5O/c1-6-20-18(21-12-10-8-7-9-11-16(2)3)22-15-19(4,25)17-13-23-24(5)14-17/h13-14,16,25H,6-12,15H2,1-5H3,(H2,20,21,22). The maximum absolute atomic E-state index is 10.6. The van der Waals surface area contributed by atoms with Crippen LogP contribution in [0.4, 0.5) is 0 Å². The summed E-state index contributed by atoms with van der Waals surface area (Å²) in [7, 11) is 1.84. The summed E-state index contributed by atoms with van der Waals surface area (Å²) in [6.07, 6.45) is 9.83. The van der Waals surface area contributed by atoms with Crippen LogP contribution in [0.2, 0.25) is 0 Å². The first-order chi connectivity index (χ1) is 11.8. The number of hydrogen-bond donors (Lipinski definition) is 3. The molecular weight excluding hydrogens is 314 g/mol. The summed E-state index contributed by atoms with van der Waals surface area (Å²) in [5.74, 6) is 1.56. The van der Waals surface area contributed by atoms with Gasteiger partial charge in [0.05, 0.1) is 12.7 Å². The molecule has 144 valence electrons. The molecule has 6 nitrogen and oxygen atoms in total. The Hall–Kier alpha value is -1.56. The van der Waals surface area contributed by atoms with Crippen LogP contribution in [0.3, 0.4) is 0 Å². The first-order valence-electron chi connectivity index (χ1n) is 9.59. The van der Waals surface area contributed by atoms with Crippen LogP contribution in [0.25, 0.3) is 0 Å². The SMILES string of the molecule is CCNC(=NCC(C)(O)c1cnn(C)c1)NCCCCCCC(C)C. The summed E-state index contributed by atoms with van der Waals surface area (Å²) in [5, 5.41) is 21.3. The number of aryl methyl sites for hydroxylation is 1. The van der Waals surface area contributed by atoms with Gasteiger partial charge in [0.1, 0.15) is 5.60 Å². The van der Waals surface area contributed by atoms with E-state index >= 15 is 0 Å². The smallest absolute Gasteiger partial charge is 0.191 e. The van der Waals surface area contributed by atoms with Gasteiger partial charge in [0.15, 0.2) is 5.96 Å². The average molecular weight is 352 g/mol. The molecule has 3 N–H and O–H groups in total. The zero-order valence-corrected chi connectivity index (χ0v) is 16.7. The Morgan fingerprint density at radius 2 is 2.00 bits per heavy atom. The number of unbranched alkanes of at least 4 members (excludes halogenated alkanes) is 3. The largest absolute Gasteiger partial charge is 0.383 e. The molecule has 0 saturated carbocycles. The number of aliphatic hydroxyl groups is 1. The number of guanidine groups is 1. The van der Waals surface area contributed by atoms with E-state index in [-0.39, 0.29) is 0 Å². The monoisotopic (exact) mass is 351 g/mol. The fourth-order valence-corrected chi connectivity index (χ4v) is 2.60. The van der Waals surface area contributed by atoms with Gasteiger partial charge >= 0.3 is 0 Å². The molecule has 6 heteroatoms. The zero-order valence-electron chi connectivity index (χ0n) is 16.7. The molecule has 0 spiro atoms. The third kappa shape index (κ3) is 8.91. The average Bonchev–Trinajstić information content (AvgIpc) is 2.98. The van der Waals surface area contributed by atoms with Gasteiger partial charge in [0.25, 0.3) is 0 Å². The topological polar surface area (TPSA) is 74.5 Å². The van der Waals surface area contributed by atoms with Crippen LogP contribution in [0.5, 0.6) is 0 Å². The van der Waals surface area contributed by atoms with E-state index in [1.165, 1.54) is 25.7 Å². The van der Waals surface area contributed by atoms with Crippen LogP contribution in [0, 0.1) is 5.92 Å². The lowest BCUT2D eigenvalue weighted by Crippen LogP contribution is -2.39. The Bertz CT molecular complexity index is 508. The Morgan fingerprint density at radius 3 is 2.60 bits per heavy atom. The molecule has 1 unspecified atom stereocenters. The van der Waals surface area contributed by atoms with Crippen molar-refractivity contribution in [2.75, 3.05) is 19.6 Å². The van der Waals surface area contributed by atoms with Crippen molar-refractivity contribution in [3.8, 4) is 0 Å². The molecule has 1 heterocycles. The van der Waals surface area contributed by atoms with Crippen molar-refractivity contribution in [2.24, 2.45) is 18.0 Å². The number of rotatable bonds is 11. The summed E-state index contributed by atoms with van der Waals surface area (Å²) in [4.78, 5) is 4.54. The Labute approximate surface area is 153 Å². The Kier molecular flexibility index (Phi) is 9.57. The van der Waals surface area contributed by atoms with Crippen LogP contribution < -0.4 is 10.6 Å². The summed E-state index contributed by atoms with van der Waals surface area (Å²) in [6.45, 7) is 10.4. The lowest BCUT2D eigenvalue weighted by molar-refractivity contribution is 0.0672. The van der Waals surface area contributed by atoms with E-state index in [1.807, 2.05) is 20.2 Å². The van der Waals surface area contributed by atoms with Gasteiger partial charge in [-0.15, -0.1) is 0 Å². The highest BCUT2D eigenvalue weighted by Crippen LogP contribution is 2.19. The number of hydrogen-bond acceptors (Lipinski definition) is 3. The molecule has 0 fully saturated rings. The molecule has 0 radical (unpaired) electrons. The number of nitrogens with one attached hydrogen (secondary N) is 2. The molecule has 0 aliphatic carbocycles. The molecule has 0 aliphatic heterocycles. The minimum absolute atomic E-state index is 0.294. The van der Waals surface area contributed by atoms with Crippen LogP contribution in [0.1, 0.15) is 65.4 Å². The van der Waals surface area contributed by atoms with Gasteiger partial charge in [-0.1, -0.05) is 39.5 Å². The van der Waals surface area contributed by atoms with E-state index in [0.717, 1.165) is 37.0 Å². The normalized spacial score (nSPS) is 14.6. The van der Waals surface area contributed by atoms with Gasteiger partial charge in [-0.3, -0.25) is 4.68 Å². The number of aliphatic imine (C=N–C) groups is 1. The molecule has 1 aromatic heterocycles. The molecular formula is C19H37N5O. The van der Waals surface area contributed by atoms with Crippen molar-refractivity contribution >= 4 is 5.96 Å². The summed E-state index contributed by atoms with van der Waals surface area (Å²) in [6, 6.07) is 0. The Balaban J connectivity index is 2.38. The molecule has 1 rings (SSSR count). The van der Waals surface area contributed by atoms with E-state index in [0.29, 0.717) is 6.54 Å². The lowest BCUT2D eigenvalue weighted by Gasteiger charge is -2.20. The highest BCUT2D eigenvalue weighted by Gasteiger charge is 2.24. The predicted octanol–water partition coefficient (Wildman–Crippen LogP) is 2.79. The van der Waals surface area contributed by atoms with Gasteiger partial charge in [0, 0.05) is 31.9 Å². The maximum atomic E-state index is 10.6. The molecule has 0 saturated heterocycles. The summed E-state index contributed by atoms with van der Waals surface area (Å²) < 4.78 is 1.69. The minimum Gasteiger partial charge on any atom is -0.383 e. The molecule has 0 aromatic carbocycles. The molecule has 1 atom stereocenters. The minimum atomic E-state index is -1.02. The van der Waals surface area contributed by atoms with E-state index in [2.05, 4.69) is 34.6 Å². The first-order valence-corrected chi connectivity index (χ1v) is 9.59. The highest BCUT2D eigenvalue weighted by molar-refractivity contribution is 5.79. The van der Waals surface area contributed by atoms with Crippen LogP contribution >= 0.6 is 0 Å². The van der Waals surface area contributed by atoms with E-state index in [9.17, 15) is 5.11 Å². The van der Waals surface area contributed by atoms with Gasteiger partial charge in [-0.05, 0) is 26.2 Å². The third-order valence-corrected chi connectivity index (χ3v) is 4.22. The van der Waals surface area contributed by atoms with E-state index < -0.39 is 5.60 Å².